The molecule has 4 heteroatoms. The Morgan fingerprint density at radius 3 is 2.23 bits per heavy atom. The van der Waals surface area contributed by atoms with Crippen LogP contribution in [0.5, 0.6) is 0 Å². The van der Waals surface area contributed by atoms with Crippen LogP contribution in [0.3, 0.4) is 0 Å². The van der Waals surface area contributed by atoms with Gasteiger partial charge in [0, 0.05) is 63.5 Å². The molecule has 0 N–H and O–H groups in total. The maximum absolute atomic E-state index is 4.66. The third-order valence-corrected chi connectivity index (χ3v) is 8.86. The van der Waals surface area contributed by atoms with Crippen LogP contribution >= 0.6 is 22.7 Å². The Balaban J connectivity index is 1.69. The van der Waals surface area contributed by atoms with Crippen LogP contribution in [0.4, 0.5) is 0 Å². The van der Waals surface area contributed by atoms with Gasteiger partial charge in [-0.25, -0.2) is 4.98 Å². The second-order valence-corrected chi connectivity index (χ2v) is 10.1. The van der Waals surface area contributed by atoms with E-state index in [0.29, 0.717) is 0 Å². The lowest BCUT2D eigenvalue weighted by Gasteiger charge is -2.09. The Labute approximate surface area is 184 Å². The molecular weight excluding hydrogens is 416 g/mol. The molecular formula is C27H14N2S2. The van der Waals surface area contributed by atoms with Crippen molar-refractivity contribution < 1.29 is 0 Å². The predicted molar refractivity (Wildman–Crippen MR) is 136 cm³/mol. The number of pyridine rings is 1. The first-order chi connectivity index (χ1) is 15.4. The van der Waals surface area contributed by atoms with Gasteiger partial charge in [-0.15, -0.1) is 22.7 Å². The largest absolute Gasteiger partial charge is 0.299 e. The summed E-state index contributed by atoms with van der Waals surface area (Å²) in [6, 6.07) is 26.6. The molecule has 0 aliphatic rings. The van der Waals surface area contributed by atoms with Gasteiger partial charge in [0.1, 0.15) is 5.65 Å². The molecule has 0 atom stereocenters. The van der Waals surface area contributed by atoms with Crippen molar-refractivity contribution >= 4 is 90.3 Å². The normalized spacial score (nSPS) is 12.5. The Kier molecular flexibility index (Phi) is 2.94. The lowest BCUT2D eigenvalue weighted by Crippen LogP contribution is -1.90. The molecule has 0 saturated carbocycles. The van der Waals surface area contributed by atoms with Gasteiger partial charge in [0.2, 0.25) is 0 Å². The van der Waals surface area contributed by atoms with E-state index in [2.05, 4.69) is 88.4 Å². The zero-order valence-electron chi connectivity index (χ0n) is 16.3. The summed E-state index contributed by atoms with van der Waals surface area (Å²) < 4.78 is 7.72. The number of hydrogen-bond acceptors (Lipinski definition) is 3. The molecule has 8 rings (SSSR count). The molecule has 0 amide bonds. The smallest absolute Gasteiger partial charge is 0.145 e. The Hall–Kier alpha value is -3.47. The monoisotopic (exact) mass is 430 g/mol. The van der Waals surface area contributed by atoms with Gasteiger partial charge in [-0.2, -0.15) is 0 Å². The van der Waals surface area contributed by atoms with E-state index in [0.717, 1.165) is 5.65 Å². The van der Waals surface area contributed by atoms with E-state index in [1.54, 1.807) is 0 Å². The summed E-state index contributed by atoms with van der Waals surface area (Å²) in [5, 5.41) is 9.27. The van der Waals surface area contributed by atoms with Crippen molar-refractivity contribution in [2.45, 2.75) is 0 Å². The van der Waals surface area contributed by atoms with Crippen LogP contribution in [0.15, 0.2) is 85.2 Å². The van der Waals surface area contributed by atoms with Crippen LogP contribution in [0, 0.1) is 0 Å². The van der Waals surface area contributed by atoms with E-state index in [1.165, 1.54) is 62.0 Å². The van der Waals surface area contributed by atoms with Crippen molar-refractivity contribution in [1.82, 2.24) is 9.38 Å². The molecule has 2 nitrogen and oxygen atoms in total. The van der Waals surface area contributed by atoms with Gasteiger partial charge in [-0.1, -0.05) is 54.6 Å². The third-order valence-electron chi connectivity index (χ3n) is 6.46. The fourth-order valence-corrected chi connectivity index (χ4v) is 7.75. The minimum atomic E-state index is 1.02. The van der Waals surface area contributed by atoms with Crippen LogP contribution in [0.1, 0.15) is 0 Å². The molecule has 0 fully saturated rings. The lowest BCUT2D eigenvalue weighted by molar-refractivity contribution is 1.27. The highest BCUT2D eigenvalue weighted by Crippen LogP contribution is 2.47. The first-order valence-electron chi connectivity index (χ1n) is 10.3. The number of thiophene rings is 2. The lowest BCUT2D eigenvalue weighted by atomic mass is 10.0. The highest BCUT2D eigenvalue weighted by molar-refractivity contribution is 7.30. The maximum atomic E-state index is 4.66. The zero-order chi connectivity index (χ0) is 20.1. The molecule has 0 aliphatic heterocycles. The van der Waals surface area contributed by atoms with Crippen molar-refractivity contribution in [3.8, 4) is 0 Å². The summed E-state index contributed by atoms with van der Waals surface area (Å²) in [6.07, 6.45) is 3.98. The second kappa shape index (κ2) is 5.61. The quantitative estimate of drug-likeness (QED) is 0.221. The van der Waals surface area contributed by atoms with Crippen molar-refractivity contribution in [3.63, 3.8) is 0 Å². The number of fused-ring (bicyclic) bond motifs is 14. The average Bonchev–Trinajstić information content (AvgIpc) is 3.53. The predicted octanol–water partition coefficient (Wildman–Crippen LogP) is 8.38. The van der Waals surface area contributed by atoms with Crippen LogP contribution < -0.4 is 0 Å². The van der Waals surface area contributed by atoms with Crippen molar-refractivity contribution in [3.05, 3.63) is 85.2 Å². The summed E-state index contributed by atoms with van der Waals surface area (Å²) in [5.41, 5.74) is 2.24. The first-order valence-corrected chi connectivity index (χ1v) is 11.9. The minimum Gasteiger partial charge on any atom is -0.299 e. The fraction of sp³-hybridized carbons (Fsp3) is 0. The molecule has 0 radical (unpaired) electrons. The molecule has 4 heterocycles. The molecule has 8 aromatic rings. The summed E-state index contributed by atoms with van der Waals surface area (Å²) in [5.74, 6) is 0. The van der Waals surface area contributed by atoms with E-state index in [-0.39, 0.29) is 0 Å². The fourth-order valence-electron chi connectivity index (χ4n) is 5.15. The zero-order valence-corrected chi connectivity index (χ0v) is 17.9. The summed E-state index contributed by atoms with van der Waals surface area (Å²) in [7, 11) is 0. The van der Waals surface area contributed by atoms with E-state index >= 15 is 0 Å². The third kappa shape index (κ3) is 1.95. The number of benzene rings is 4. The van der Waals surface area contributed by atoms with Crippen molar-refractivity contribution in [2.24, 2.45) is 0 Å². The molecule has 31 heavy (non-hydrogen) atoms. The van der Waals surface area contributed by atoms with Crippen molar-refractivity contribution in [1.29, 1.82) is 0 Å². The summed E-state index contributed by atoms with van der Waals surface area (Å²) in [4.78, 5) is 4.66. The SMILES string of the molecule is c1ccc2c(c1)sc1ccc3c4ccc5c(c6ccccc6c6nccn56)c4sc3c12. The maximum Gasteiger partial charge on any atom is 0.145 e. The highest BCUT2D eigenvalue weighted by atomic mass is 32.1. The topological polar surface area (TPSA) is 17.3 Å². The average molecular weight is 431 g/mol. The first kappa shape index (κ1) is 16.3. The molecule has 0 aliphatic carbocycles. The minimum absolute atomic E-state index is 1.02. The van der Waals surface area contributed by atoms with Crippen molar-refractivity contribution in [2.75, 3.05) is 0 Å². The van der Waals surface area contributed by atoms with Crippen LogP contribution in [0.2, 0.25) is 0 Å². The van der Waals surface area contributed by atoms with Crippen LogP contribution in [-0.2, 0) is 0 Å². The second-order valence-electron chi connectivity index (χ2n) is 8.02. The van der Waals surface area contributed by atoms with Gasteiger partial charge in [-0.05, 0) is 23.6 Å². The van der Waals surface area contributed by atoms with Gasteiger partial charge in [0.15, 0.2) is 0 Å². The summed E-state index contributed by atoms with van der Waals surface area (Å²) in [6.45, 7) is 0. The number of rotatable bonds is 0. The number of hydrogen-bond donors (Lipinski definition) is 0. The van der Waals surface area contributed by atoms with E-state index < -0.39 is 0 Å². The molecule has 4 aromatic heterocycles. The number of aromatic nitrogens is 2. The van der Waals surface area contributed by atoms with E-state index in [4.69, 9.17) is 0 Å². The van der Waals surface area contributed by atoms with Gasteiger partial charge < -0.3 is 0 Å². The van der Waals surface area contributed by atoms with Gasteiger partial charge in [0.05, 0.1) is 5.52 Å². The Morgan fingerprint density at radius 2 is 1.32 bits per heavy atom. The van der Waals surface area contributed by atoms with Crippen LogP contribution in [-0.4, -0.2) is 9.38 Å². The Bertz CT molecular complexity index is 2000. The number of nitrogens with zero attached hydrogens (tertiary/aromatic N) is 2. The standard InChI is InChI=1S/C27H14N2S2/c1-2-6-18-15(5-1)23-20(29-14-13-28-27(18)29)11-9-16-17-10-12-22-24(26(17)31-25(16)23)19-7-3-4-8-21(19)30-22/h1-14H. The van der Waals surface area contributed by atoms with E-state index in [9.17, 15) is 0 Å². The van der Waals surface area contributed by atoms with Crippen LogP contribution in [0.25, 0.3) is 67.7 Å². The summed E-state index contributed by atoms with van der Waals surface area (Å²) >= 11 is 3.83. The Morgan fingerprint density at radius 1 is 0.581 bits per heavy atom. The highest BCUT2D eigenvalue weighted by Gasteiger charge is 2.17. The van der Waals surface area contributed by atoms with E-state index in [1.807, 2.05) is 28.9 Å². The van der Waals surface area contributed by atoms with Gasteiger partial charge in [0.25, 0.3) is 0 Å². The molecule has 0 bridgehead atoms. The molecule has 4 aromatic carbocycles. The van der Waals surface area contributed by atoms with Gasteiger partial charge in [-0.3, -0.25) is 4.40 Å². The van der Waals surface area contributed by atoms with Gasteiger partial charge >= 0.3 is 0 Å². The molecule has 144 valence electrons. The number of imidazole rings is 1. The molecule has 0 saturated heterocycles. The molecule has 0 spiro atoms. The molecule has 0 unspecified atom stereocenters.